The minimum absolute atomic E-state index is 0.120. The number of hydrogen-bond donors (Lipinski definition) is 2. The van der Waals surface area contributed by atoms with Crippen molar-refractivity contribution in [2.24, 2.45) is 5.92 Å². The summed E-state index contributed by atoms with van der Waals surface area (Å²) in [5.41, 5.74) is 0.952. The fourth-order valence-electron chi connectivity index (χ4n) is 3.53. The normalized spacial score (nSPS) is 14.5. The summed E-state index contributed by atoms with van der Waals surface area (Å²) in [6.07, 6.45) is 1.13. The maximum Gasteiger partial charge on any atom is 0.308 e. The van der Waals surface area contributed by atoms with E-state index in [0.717, 1.165) is 0 Å². The molecule has 2 N–H and O–H groups in total. The van der Waals surface area contributed by atoms with Crippen molar-refractivity contribution in [3.63, 3.8) is 0 Å². The number of methoxy groups -OCH3 is 3. The van der Waals surface area contributed by atoms with Crippen LogP contribution in [0.2, 0.25) is 0 Å². The van der Waals surface area contributed by atoms with Gasteiger partial charge in [0, 0.05) is 18.5 Å². The molecule has 0 radical (unpaired) electrons. The molecule has 9 nitrogen and oxygen atoms in total. The average molecular weight is 403 g/mol. The highest BCUT2D eigenvalue weighted by molar-refractivity contribution is 6.02. The number of fused-ring (bicyclic) bond motifs is 1. The van der Waals surface area contributed by atoms with Gasteiger partial charge in [0.1, 0.15) is 17.2 Å². The van der Waals surface area contributed by atoms with E-state index in [0.29, 0.717) is 54.0 Å². The molecule has 1 aromatic carbocycles. The zero-order chi connectivity index (χ0) is 21.0. The average Bonchev–Trinajstić information content (AvgIpc) is 3.21. The molecule has 156 valence electrons. The van der Waals surface area contributed by atoms with Crippen LogP contribution in [0.4, 0.5) is 0 Å². The Morgan fingerprint density at radius 3 is 2.38 bits per heavy atom. The van der Waals surface area contributed by atoms with Crippen LogP contribution in [0.15, 0.2) is 18.2 Å². The number of amides is 2. The first-order chi connectivity index (χ1) is 14.0. The number of benzene rings is 1. The van der Waals surface area contributed by atoms with Gasteiger partial charge in [-0.1, -0.05) is 0 Å². The molecule has 0 spiro atoms. The van der Waals surface area contributed by atoms with Gasteiger partial charge in [-0.25, -0.2) is 0 Å². The number of hydrogen-bond acceptors (Lipinski definition) is 6. The number of likely N-dealkylation sites (tertiary alicyclic amines) is 1. The van der Waals surface area contributed by atoms with Gasteiger partial charge in [0.2, 0.25) is 5.91 Å². The summed E-state index contributed by atoms with van der Waals surface area (Å²) in [6, 6.07) is 5.18. The topological polar surface area (TPSA) is 110 Å². The van der Waals surface area contributed by atoms with Gasteiger partial charge in [-0.3, -0.25) is 14.4 Å². The monoisotopic (exact) mass is 403 g/mol. The third-order valence-electron chi connectivity index (χ3n) is 5.18. The molecule has 0 aliphatic carbocycles. The first kappa shape index (κ1) is 20.5. The Bertz CT molecular complexity index is 873. The molecule has 29 heavy (non-hydrogen) atoms. The third kappa shape index (κ3) is 4.28. The second-order valence-corrected chi connectivity index (χ2v) is 6.80. The zero-order valence-electron chi connectivity index (χ0n) is 16.7. The van der Waals surface area contributed by atoms with Crippen LogP contribution in [0.3, 0.4) is 0 Å². The summed E-state index contributed by atoms with van der Waals surface area (Å²) in [6.45, 7) is 0.815. The molecular formula is C20H25N3O6. The number of rotatable bonds is 6. The fourth-order valence-corrected chi connectivity index (χ4v) is 3.53. The Balaban J connectivity index is 1.61. The first-order valence-electron chi connectivity index (χ1n) is 9.36. The van der Waals surface area contributed by atoms with Crippen LogP contribution in [-0.2, 0) is 14.3 Å². The molecule has 0 unspecified atom stereocenters. The van der Waals surface area contributed by atoms with Crippen molar-refractivity contribution in [2.75, 3.05) is 41.0 Å². The highest BCUT2D eigenvalue weighted by Gasteiger charge is 2.28. The lowest BCUT2D eigenvalue weighted by Gasteiger charge is -2.30. The second kappa shape index (κ2) is 8.85. The van der Waals surface area contributed by atoms with Crippen LogP contribution < -0.4 is 14.8 Å². The molecule has 9 heteroatoms. The molecule has 2 heterocycles. The van der Waals surface area contributed by atoms with E-state index in [1.807, 2.05) is 0 Å². The van der Waals surface area contributed by atoms with E-state index >= 15 is 0 Å². The van der Waals surface area contributed by atoms with Crippen LogP contribution in [0, 0.1) is 5.92 Å². The smallest absolute Gasteiger partial charge is 0.308 e. The predicted octanol–water partition coefficient (Wildman–Crippen LogP) is 1.33. The van der Waals surface area contributed by atoms with Crippen molar-refractivity contribution in [1.29, 1.82) is 0 Å². The number of ether oxygens (including phenoxy) is 3. The number of nitrogens with zero attached hydrogens (tertiary/aromatic N) is 1. The Labute approximate surface area is 168 Å². The van der Waals surface area contributed by atoms with Crippen molar-refractivity contribution >= 4 is 28.7 Å². The lowest BCUT2D eigenvalue weighted by atomic mass is 9.97. The maximum atomic E-state index is 12.5. The first-order valence-corrected chi connectivity index (χ1v) is 9.36. The van der Waals surface area contributed by atoms with Gasteiger partial charge in [-0.15, -0.1) is 0 Å². The van der Waals surface area contributed by atoms with Gasteiger partial charge >= 0.3 is 5.97 Å². The Kier molecular flexibility index (Phi) is 6.26. The summed E-state index contributed by atoms with van der Waals surface area (Å²) in [5, 5.41) is 3.36. The van der Waals surface area contributed by atoms with Gasteiger partial charge in [-0.2, -0.15) is 0 Å². The van der Waals surface area contributed by atoms with Crippen molar-refractivity contribution in [1.82, 2.24) is 15.2 Å². The van der Waals surface area contributed by atoms with E-state index in [9.17, 15) is 14.4 Å². The number of aromatic nitrogens is 1. The zero-order valence-corrected chi connectivity index (χ0v) is 16.7. The lowest BCUT2D eigenvalue weighted by molar-refractivity contribution is -0.148. The molecule has 1 aliphatic rings. The van der Waals surface area contributed by atoms with Gasteiger partial charge in [-0.05, 0) is 31.0 Å². The standard InChI is InChI=1S/C20H25N3O6/c1-27-15-4-5-16(28-2)18-13(15)10-14(22-18)19(25)21-11-17(24)23-8-6-12(7-9-23)20(26)29-3/h4-5,10,12,22H,6-9,11H2,1-3H3,(H,21,25). The molecule has 2 amide bonds. The Morgan fingerprint density at radius 2 is 1.76 bits per heavy atom. The lowest BCUT2D eigenvalue weighted by Crippen LogP contribution is -2.45. The van der Waals surface area contributed by atoms with Gasteiger partial charge < -0.3 is 29.4 Å². The van der Waals surface area contributed by atoms with Crippen molar-refractivity contribution in [3.05, 3.63) is 23.9 Å². The third-order valence-corrected chi connectivity index (χ3v) is 5.18. The summed E-state index contributed by atoms with van der Waals surface area (Å²) < 4.78 is 15.4. The highest BCUT2D eigenvalue weighted by Crippen LogP contribution is 2.33. The molecule has 1 aromatic heterocycles. The molecule has 1 saturated heterocycles. The summed E-state index contributed by atoms with van der Waals surface area (Å²) in [7, 11) is 4.46. The highest BCUT2D eigenvalue weighted by atomic mass is 16.5. The molecule has 0 saturated carbocycles. The van der Waals surface area contributed by atoms with Crippen LogP contribution in [-0.4, -0.2) is 68.6 Å². The fraction of sp³-hybridized carbons (Fsp3) is 0.450. The predicted molar refractivity (Wildman–Crippen MR) is 105 cm³/mol. The molecular weight excluding hydrogens is 378 g/mol. The molecule has 1 fully saturated rings. The second-order valence-electron chi connectivity index (χ2n) is 6.80. The molecule has 2 aromatic rings. The largest absolute Gasteiger partial charge is 0.496 e. The van der Waals surface area contributed by atoms with E-state index in [1.165, 1.54) is 7.11 Å². The quantitative estimate of drug-likeness (QED) is 0.704. The minimum Gasteiger partial charge on any atom is -0.496 e. The van der Waals surface area contributed by atoms with E-state index in [-0.39, 0.29) is 24.3 Å². The Hall–Kier alpha value is -3.23. The summed E-state index contributed by atoms with van der Waals surface area (Å²) in [5.74, 6) is 0.200. The molecule has 3 rings (SSSR count). The van der Waals surface area contributed by atoms with E-state index in [1.54, 1.807) is 37.3 Å². The van der Waals surface area contributed by atoms with E-state index in [2.05, 4.69) is 10.3 Å². The van der Waals surface area contributed by atoms with Crippen molar-refractivity contribution in [3.8, 4) is 11.5 Å². The minimum atomic E-state index is -0.400. The van der Waals surface area contributed by atoms with Crippen molar-refractivity contribution in [2.45, 2.75) is 12.8 Å². The number of carbonyl (C=O) groups is 3. The van der Waals surface area contributed by atoms with Crippen LogP contribution in [0.25, 0.3) is 10.9 Å². The molecule has 1 aliphatic heterocycles. The van der Waals surface area contributed by atoms with Crippen molar-refractivity contribution < 1.29 is 28.6 Å². The number of aromatic amines is 1. The van der Waals surface area contributed by atoms with Gasteiger partial charge in [0.25, 0.3) is 5.91 Å². The number of carbonyl (C=O) groups excluding carboxylic acids is 3. The van der Waals surface area contributed by atoms with E-state index in [4.69, 9.17) is 14.2 Å². The van der Waals surface area contributed by atoms with Crippen LogP contribution in [0.5, 0.6) is 11.5 Å². The summed E-state index contributed by atoms with van der Waals surface area (Å²) in [4.78, 5) is 41.2. The number of esters is 1. The van der Waals surface area contributed by atoms with Crippen LogP contribution >= 0.6 is 0 Å². The van der Waals surface area contributed by atoms with Gasteiger partial charge in [0.05, 0.1) is 39.3 Å². The summed E-state index contributed by atoms with van der Waals surface area (Å²) >= 11 is 0. The number of nitrogens with one attached hydrogen (secondary N) is 2. The SMILES string of the molecule is COC(=O)C1CCN(C(=O)CNC(=O)c2cc3c(OC)ccc(OC)c3[nH]2)CC1. The Morgan fingerprint density at radius 1 is 1.10 bits per heavy atom. The number of H-pyrrole nitrogens is 1. The van der Waals surface area contributed by atoms with Crippen LogP contribution in [0.1, 0.15) is 23.3 Å². The van der Waals surface area contributed by atoms with E-state index < -0.39 is 5.91 Å². The van der Waals surface area contributed by atoms with Gasteiger partial charge in [0.15, 0.2) is 0 Å². The molecule has 0 atom stereocenters. The number of piperidine rings is 1. The maximum absolute atomic E-state index is 12.5. The molecule has 0 bridgehead atoms.